The minimum absolute atomic E-state index is 0.172. The smallest absolute Gasteiger partial charge is 0.260 e. The van der Waals surface area contributed by atoms with Gasteiger partial charge in [0.15, 0.2) is 0 Å². The highest BCUT2D eigenvalue weighted by Gasteiger charge is 2.24. The van der Waals surface area contributed by atoms with Crippen molar-refractivity contribution in [2.24, 2.45) is 0 Å². The van der Waals surface area contributed by atoms with Crippen LogP contribution in [0.2, 0.25) is 0 Å². The zero-order chi connectivity index (χ0) is 20.9. The standard InChI is InChI=1S/C22H23N5O3/c1-2-30-17-7-5-16(6-8-17)19-14-20(25-15-24-19)26-10-12-27(13-11-26)22(29)18-4-3-9-23-21(18)28/h3-9,14-15H,2,10-13H2,1H3,(H,23,28). The van der Waals surface area contributed by atoms with Crippen molar-refractivity contribution in [1.29, 1.82) is 0 Å². The van der Waals surface area contributed by atoms with Crippen LogP contribution < -0.4 is 15.2 Å². The fourth-order valence-corrected chi connectivity index (χ4v) is 3.47. The lowest BCUT2D eigenvalue weighted by Gasteiger charge is -2.35. The van der Waals surface area contributed by atoms with Gasteiger partial charge < -0.3 is 19.5 Å². The molecule has 1 amide bonds. The first-order valence-corrected chi connectivity index (χ1v) is 9.93. The highest BCUT2D eigenvalue weighted by Crippen LogP contribution is 2.24. The summed E-state index contributed by atoms with van der Waals surface area (Å²) in [5.74, 6) is 1.40. The number of aromatic amines is 1. The minimum atomic E-state index is -0.360. The van der Waals surface area contributed by atoms with Crippen LogP contribution in [-0.4, -0.2) is 58.5 Å². The van der Waals surface area contributed by atoms with Crippen molar-refractivity contribution in [2.45, 2.75) is 6.92 Å². The molecular weight excluding hydrogens is 382 g/mol. The summed E-state index contributed by atoms with van der Waals surface area (Å²) in [6.07, 6.45) is 3.08. The first kappa shape index (κ1) is 19.6. The van der Waals surface area contributed by atoms with E-state index in [9.17, 15) is 9.59 Å². The summed E-state index contributed by atoms with van der Waals surface area (Å²) >= 11 is 0. The van der Waals surface area contributed by atoms with Crippen LogP contribution in [0.25, 0.3) is 11.3 Å². The number of H-pyrrole nitrogens is 1. The molecule has 0 radical (unpaired) electrons. The van der Waals surface area contributed by atoms with Crippen LogP contribution >= 0.6 is 0 Å². The molecule has 0 bridgehead atoms. The van der Waals surface area contributed by atoms with Crippen molar-refractivity contribution in [3.63, 3.8) is 0 Å². The van der Waals surface area contributed by atoms with Gasteiger partial charge in [-0.15, -0.1) is 0 Å². The number of amides is 1. The van der Waals surface area contributed by atoms with E-state index in [-0.39, 0.29) is 17.0 Å². The summed E-state index contributed by atoms with van der Waals surface area (Å²) in [6.45, 7) is 4.90. The number of aromatic nitrogens is 3. The van der Waals surface area contributed by atoms with Gasteiger partial charge in [0, 0.05) is 44.0 Å². The highest BCUT2D eigenvalue weighted by atomic mass is 16.5. The molecule has 0 aliphatic carbocycles. The molecule has 8 nitrogen and oxygen atoms in total. The molecule has 1 aliphatic heterocycles. The quantitative estimate of drug-likeness (QED) is 0.700. The fourth-order valence-electron chi connectivity index (χ4n) is 3.47. The van der Waals surface area contributed by atoms with Gasteiger partial charge in [-0.05, 0) is 43.3 Å². The molecule has 1 fully saturated rings. The van der Waals surface area contributed by atoms with Crippen molar-refractivity contribution < 1.29 is 9.53 Å². The molecule has 1 aromatic carbocycles. The second-order valence-electron chi connectivity index (χ2n) is 6.91. The topological polar surface area (TPSA) is 91.4 Å². The largest absolute Gasteiger partial charge is 0.494 e. The summed E-state index contributed by atoms with van der Waals surface area (Å²) in [7, 11) is 0. The Hall–Kier alpha value is -3.68. The highest BCUT2D eigenvalue weighted by molar-refractivity contribution is 5.94. The summed E-state index contributed by atoms with van der Waals surface area (Å²) in [6, 6.07) is 13.0. The van der Waals surface area contributed by atoms with Crippen LogP contribution in [0.3, 0.4) is 0 Å². The van der Waals surface area contributed by atoms with Gasteiger partial charge in [-0.3, -0.25) is 9.59 Å². The predicted octanol–water partition coefficient (Wildman–Crippen LogP) is 2.19. The SMILES string of the molecule is CCOc1ccc(-c2cc(N3CCN(C(=O)c4ccc[nH]c4=O)CC3)ncn2)cc1. The normalized spacial score (nSPS) is 13.9. The molecule has 1 aliphatic rings. The van der Waals surface area contributed by atoms with Crippen molar-refractivity contribution in [1.82, 2.24) is 19.9 Å². The number of benzene rings is 1. The first-order valence-electron chi connectivity index (χ1n) is 9.93. The number of hydrogen-bond donors (Lipinski definition) is 1. The van der Waals surface area contributed by atoms with Crippen molar-refractivity contribution in [2.75, 3.05) is 37.7 Å². The zero-order valence-electron chi connectivity index (χ0n) is 16.7. The number of nitrogens with one attached hydrogen (secondary N) is 1. The van der Waals surface area contributed by atoms with E-state index in [0.29, 0.717) is 32.8 Å². The molecule has 1 N–H and O–H groups in total. The maximum atomic E-state index is 12.6. The Kier molecular flexibility index (Phi) is 5.74. The maximum absolute atomic E-state index is 12.6. The van der Waals surface area contributed by atoms with Gasteiger partial charge in [-0.1, -0.05) is 0 Å². The van der Waals surface area contributed by atoms with Crippen molar-refractivity contribution in [3.05, 3.63) is 70.9 Å². The molecule has 0 unspecified atom stereocenters. The van der Waals surface area contributed by atoms with E-state index in [2.05, 4.69) is 19.9 Å². The Labute approximate surface area is 174 Å². The van der Waals surface area contributed by atoms with Crippen LogP contribution in [0.4, 0.5) is 5.82 Å². The predicted molar refractivity (Wildman–Crippen MR) is 114 cm³/mol. The Balaban J connectivity index is 1.44. The number of pyridine rings is 1. The average molecular weight is 405 g/mol. The molecule has 0 atom stereocenters. The summed E-state index contributed by atoms with van der Waals surface area (Å²) in [5.41, 5.74) is 1.63. The van der Waals surface area contributed by atoms with Crippen LogP contribution in [0.5, 0.6) is 5.75 Å². The molecule has 30 heavy (non-hydrogen) atoms. The number of anilines is 1. The summed E-state index contributed by atoms with van der Waals surface area (Å²) in [5, 5.41) is 0. The third-order valence-corrected chi connectivity index (χ3v) is 5.05. The van der Waals surface area contributed by atoms with Crippen LogP contribution in [-0.2, 0) is 0 Å². The van der Waals surface area contributed by atoms with Crippen LogP contribution in [0, 0.1) is 0 Å². The summed E-state index contributed by atoms with van der Waals surface area (Å²) < 4.78 is 5.49. The van der Waals surface area contributed by atoms with Gasteiger partial charge in [0.25, 0.3) is 11.5 Å². The molecule has 1 saturated heterocycles. The van der Waals surface area contributed by atoms with E-state index in [4.69, 9.17) is 4.74 Å². The van der Waals surface area contributed by atoms with E-state index < -0.39 is 0 Å². The molecule has 0 spiro atoms. The lowest BCUT2D eigenvalue weighted by Crippen LogP contribution is -2.49. The number of rotatable bonds is 5. The Morgan fingerprint density at radius 1 is 1.10 bits per heavy atom. The summed E-state index contributed by atoms with van der Waals surface area (Å²) in [4.78, 5) is 39.7. The molecule has 2 aromatic heterocycles. The van der Waals surface area contributed by atoms with E-state index >= 15 is 0 Å². The molecule has 154 valence electrons. The van der Waals surface area contributed by atoms with E-state index in [1.165, 1.54) is 6.20 Å². The van der Waals surface area contributed by atoms with Crippen molar-refractivity contribution >= 4 is 11.7 Å². The zero-order valence-corrected chi connectivity index (χ0v) is 16.7. The molecular formula is C22H23N5O3. The first-order chi connectivity index (χ1) is 14.7. The molecule has 3 heterocycles. The molecule has 0 saturated carbocycles. The Morgan fingerprint density at radius 2 is 1.87 bits per heavy atom. The van der Waals surface area contributed by atoms with Gasteiger partial charge in [0.2, 0.25) is 0 Å². The molecule has 8 heteroatoms. The molecule has 4 rings (SSSR count). The maximum Gasteiger partial charge on any atom is 0.260 e. The number of piperazine rings is 1. The Bertz CT molecular complexity index is 1070. The van der Waals surface area contributed by atoms with E-state index in [1.54, 1.807) is 23.4 Å². The second kappa shape index (κ2) is 8.77. The third kappa shape index (κ3) is 4.17. The fraction of sp³-hybridized carbons (Fsp3) is 0.273. The average Bonchev–Trinajstić information content (AvgIpc) is 2.80. The van der Waals surface area contributed by atoms with Crippen molar-refractivity contribution in [3.8, 4) is 17.0 Å². The monoisotopic (exact) mass is 405 g/mol. The lowest BCUT2D eigenvalue weighted by atomic mass is 10.1. The number of hydrogen-bond acceptors (Lipinski definition) is 6. The van der Waals surface area contributed by atoms with Gasteiger partial charge in [-0.25, -0.2) is 9.97 Å². The van der Waals surface area contributed by atoms with Crippen LogP contribution in [0.15, 0.2) is 59.8 Å². The van der Waals surface area contributed by atoms with E-state index in [1.807, 2.05) is 37.3 Å². The van der Waals surface area contributed by atoms with E-state index in [0.717, 1.165) is 22.8 Å². The number of carbonyl (C=O) groups excluding carboxylic acids is 1. The minimum Gasteiger partial charge on any atom is -0.494 e. The number of carbonyl (C=O) groups is 1. The van der Waals surface area contributed by atoms with Gasteiger partial charge >= 0.3 is 0 Å². The van der Waals surface area contributed by atoms with Gasteiger partial charge in [0.1, 0.15) is 23.5 Å². The third-order valence-electron chi connectivity index (χ3n) is 5.05. The number of nitrogens with zero attached hydrogens (tertiary/aromatic N) is 4. The Morgan fingerprint density at radius 3 is 2.57 bits per heavy atom. The molecule has 3 aromatic rings. The lowest BCUT2D eigenvalue weighted by molar-refractivity contribution is 0.0744. The second-order valence-corrected chi connectivity index (χ2v) is 6.91. The van der Waals surface area contributed by atoms with Gasteiger partial charge in [-0.2, -0.15) is 0 Å². The number of ether oxygens (including phenoxy) is 1. The van der Waals surface area contributed by atoms with Gasteiger partial charge in [0.05, 0.1) is 12.3 Å². The van der Waals surface area contributed by atoms with Crippen LogP contribution in [0.1, 0.15) is 17.3 Å².